The third-order valence-corrected chi connectivity index (χ3v) is 3.36. The van der Waals surface area contributed by atoms with Gasteiger partial charge in [0, 0.05) is 25.2 Å². The number of nitrogens with zero attached hydrogens (tertiary/aromatic N) is 3. The second-order valence-corrected chi connectivity index (χ2v) is 4.51. The zero-order valence-corrected chi connectivity index (χ0v) is 10.0. The molecule has 0 unspecified atom stereocenters. The molecule has 0 N–H and O–H groups in total. The predicted molar refractivity (Wildman–Crippen MR) is 63.9 cm³/mol. The number of benzene rings is 1. The van der Waals surface area contributed by atoms with Gasteiger partial charge in [-0.2, -0.15) is 5.26 Å². The van der Waals surface area contributed by atoms with Gasteiger partial charge in [-0.1, -0.05) is 11.8 Å². The quantitative estimate of drug-likeness (QED) is 0.783. The van der Waals surface area contributed by atoms with Gasteiger partial charge in [0.2, 0.25) is 0 Å². The van der Waals surface area contributed by atoms with Crippen molar-refractivity contribution in [3.8, 4) is 6.07 Å². The first kappa shape index (κ1) is 11.7. The van der Waals surface area contributed by atoms with Gasteiger partial charge in [-0.3, -0.25) is 0 Å². The van der Waals surface area contributed by atoms with Gasteiger partial charge < -0.3 is 4.57 Å². The summed E-state index contributed by atoms with van der Waals surface area (Å²) in [6, 6.07) is 6.31. The van der Waals surface area contributed by atoms with Crippen molar-refractivity contribution in [3.05, 3.63) is 47.5 Å². The van der Waals surface area contributed by atoms with E-state index in [1.54, 1.807) is 12.3 Å². The lowest BCUT2D eigenvalue weighted by atomic mass is 10.1. The molecule has 0 spiro atoms. The minimum atomic E-state index is -0.375. The number of aryl methyl sites for hydroxylation is 1. The van der Waals surface area contributed by atoms with Crippen LogP contribution in [0.1, 0.15) is 11.1 Å². The first-order chi connectivity index (χ1) is 8.19. The summed E-state index contributed by atoms with van der Waals surface area (Å²) in [6.45, 7) is 0. The smallest absolute Gasteiger partial charge is 0.167 e. The summed E-state index contributed by atoms with van der Waals surface area (Å²) in [4.78, 5) is 4.16. The van der Waals surface area contributed by atoms with Gasteiger partial charge in [0.05, 0.1) is 11.6 Å². The van der Waals surface area contributed by atoms with E-state index in [1.165, 1.54) is 23.9 Å². The molecule has 3 nitrogen and oxygen atoms in total. The van der Waals surface area contributed by atoms with Gasteiger partial charge in [-0.05, 0) is 23.8 Å². The van der Waals surface area contributed by atoms with Crippen molar-refractivity contribution in [3.63, 3.8) is 0 Å². The van der Waals surface area contributed by atoms with Crippen LogP contribution in [0.3, 0.4) is 0 Å². The molecule has 2 aromatic rings. The highest BCUT2D eigenvalue weighted by Crippen LogP contribution is 2.21. The Labute approximate surface area is 103 Å². The van der Waals surface area contributed by atoms with Crippen LogP contribution in [0.4, 0.5) is 4.39 Å². The number of imidazole rings is 1. The average Bonchev–Trinajstić information content (AvgIpc) is 2.71. The van der Waals surface area contributed by atoms with Crippen molar-refractivity contribution in [2.45, 2.75) is 10.9 Å². The van der Waals surface area contributed by atoms with Crippen molar-refractivity contribution >= 4 is 11.8 Å². The Hall–Kier alpha value is -1.80. The van der Waals surface area contributed by atoms with Crippen LogP contribution in [0.25, 0.3) is 0 Å². The molecule has 17 heavy (non-hydrogen) atoms. The molecule has 0 saturated heterocycles. The van der Waals surface area contributed by atoms with Gasteiger partial charge in [0.1, 0.15) is 5.82 Å². The summed E-state index contributed by atoms with van der Waals surface area (Å²) in [5.41, 5.74) is 1.13. The topological polar surface area (TPSA) is 41.6 Å². The van der Waals surface area contributed by atoms with Crippen molar-refractivity contribution in [1.29, 1.82) is 5.26 Å². The number of hydrogen-bond donors (Lipinski definition) is 0. The summed E-state index contributed by atoms with van der Waals surface area (Å²) in [5, 5.41) is 9.61. The molecule has 2 rings (SSSR count). The molecule has 0 aliphatic carbocycles. The van der Waals surface area contributed by atoms with Gasteiger partial charge in [-0.15, -0.1) is 0 Å². The Kier molecular flexibility index (Phi) is 3.45. The van der Waals surface area contributed by atoms with Crippen molar-refractivity contribution in [2.24, 2.45) is 7.05 Å². The number of thioether (sulfide) groups is 1. The molecule has 86 valence electrons. The van der Waals surface area contributed by atoms with E-state index in [-0.39, 0.29) is 5.82 Å². The zero-order valence-electron chi connectivity index (χ0n) is 9.22. The molecule has 0 saturated carbocycles. The van der Waals surface area contributed by atoms with E-state index in [0.29, 0.717) is 11.3 Å². The van der Waals surface area contributed by atoms with Crippen LogP contribution in [0, 0.1) is 17.1 Å². The Morgan fingerprint density at radius 3 is 2.94 bits per heavy atom. The maximum Gasteiger partial charge on any atom is 0.167 e. The third kappa shape index (κ3) is 2.86. The molecule has 0 radical (unpaired) electrons. The number of rotatable bonds is 3. The highest BCUT2D eigenvalue weighted by molar-refractivity contribution is 7.98. The summed E-state index contributed by atoms with van der Waals surface area (Å²) in [5.74, 6) is 0.219. The molecule has 0 fully saturated rings. The third-order valence-electron chi connectivity index (χ3n) is 2.23. The Morgan fingerprint density at radius 2 is 2.29 bits per heavy atom. The molecule has 0 aliphatic heterocycles. The van der Waals surface area contributed by atoms with Gasteiger partial charge in [0.25, 0.3) is 0 Å². The van der Waals surface area contributed by atoms with Crippen LogP contribution in [-0.4, -0.2) is 9.55 Å². The lowest BCUT2D eigenvalue weighted by Crippen LogP contribution is -1.91. The summed E-state index contributed by atoms with van der Waals surface area (Å²) >= 11 is 1.51. The molecule has 1 aromatic carbocycles. The molecule has 1 heterocycles. The number of hydrogen-bond acceptors (Lipinski definition) is 3. The Morgan fingerprint density at radius 1 is 1.47 bits per heavy atom. The predicted octanol–water partition coefficient (Wildman–Crippen LogP) is 2.72. The SMILES string of the molecule is Cn1ccnc1SCc1cc(F)cc(C#N)c1. The minimum Gasteiger partial charge on any atom is -0.329 e. The van der Waals surface area contributed by atoms with Gasteiger partial charge >= 0.3 is 0 Å². The Bertz CT molecular complexity index is 571. The molecule has 0 amide bonds. The number of nitriles is 1. The van der Waals surface area contributed by atoms with Crippen LogP contribution >= 0.6 is 11.8 Å². The zero-order chi connectivity index (χ0) is 12.3. The van der Waals surface area contributed by atoms with E-state index >= 15 is 0 Å². The highest BCUT2D eigenvalue weighted by Gasteiger charge is 2.04. The van der Waals surface area contributed by atoms with Crippen LogP contribution in [0.2, 0.25) is 0 Å². The average molecular weight is 247 g/mol. The van der Waals surface area contributed by atoms with Gasteiger partial charge in [-0.25, -0.2) is 9.37 Å². The largest absolute Gasteiger partial charge is 0.329 e. The molecule has 1 aromatic heterocycles. The highest BCUT2D eigenvalue weighted by atomic mass is 32.2. The maximum atomic E-state index is 13.2. The first-order valence-corrected chi connectivity index (χ1v) is 5.97. The molecule has 0 atom stereocenters. The van der Waals surface area contributed by atoms with E-state index in [9.17, 15) is 4.39 Å². The fourth-order valence-electron chi connectivity index (χ4n) is 1.44. The Balaban J connectivity index is 2.12. The van der Waals surface area contributed by atoms with Crippen molar-refractivity contribution < 1.29 is 4.39 Å². The van der Waals surface area contributed by atoms with E-state index in [2.05, 4.69) is 4.98 Å². The minimum absolute atomic E-state index is 0.348. The standard InChI is InChI=1S/C12H10FN3S/c1-16-3-2-15-12(16)17-8-10-4-9(7-14)5-11(13)6-10/h2-6H,8H2,1H3. The monoisotopic (exact) mass is 247 g/mol. The van der Waals surface area contributed by atoms with E-state index in [0.717, 1.165) is 10.7 Å². The summed E-state index contributed by atoms with van der Waals surface area (Å²) < 4.78 is 15.1. The molecular formula is C12H10FN3S. The lowest BCUT2D eigenvalue weighted by molar-refractivity contribution is 0.626. The number of aromatic nitrogens is 2. The van der Waals surface area contributed by atoms with Crippen LogP contribution in [0.5, 0.6) is 0 Å². The fourth-order valence-corrected chi connectivity index (χ4v) is 2.30. The molecule has 5 heteroatoms. The van der Waals surface area contributed by atoms with E-state index in [1.807, 2.05) is 23.9 Å². The number of halogens is 1. The van der Waals surface area contributed by atoms with Crippen molar-refractivity contribution in [1.82, 2.24) is 9.55 Å². The molecular weight excluding hydrogens is 237 g/mol. The normalized spacial score (nSPS) is 10.2. The molecule has 0 aliphatic rings. The van der Waals surface area contributed by atoms with E-state index in [4.69, 9.17) is 5.26 Å². The van der Waals surface area contributed by atoms with Crippen LogP contribution in [0.15, 0.2) is 35.7 Å². The molecule has 0 bridgehead atoms. The maximum absolute atomic E-state index is 13.2. The van der Waals surface area contributed by atoms with E-state index < -0.39 is 0 Å². The second-order valence-electron chi connectivity index (χ2n) is 3.57. The summed E-state index contributed by atoms with van der Waals surface area (Å²) in [6.07, 6.45) is 3.57. The van der Waals surface area contributed by atoms with Crippen molar-refractivity contribution in [2.75, 3.05) is 0 Å². The first-order valence-electron chi connectivity index (χ1n) is 4.99. The fraction of sp³-hybridized carbons (Fsp3) is 0.167. The van der Waals surface area contributed by atoms with Crippen LogP contribution < -0.4 is 0 Å². The van der Waals surface area contributed by atoms with Crippen LogP contribution in [-0.2, 0) is 12.8 Å². The van der Waals surface area contributed by atoms with Gasteiger partial charge in [0.15, 0.2) is 5.16 Å². The second kappa shape index (κ2) is 5.02. The lowest BCUT2D eigenvalue weighted by Gasteiger charge is -2.03. The summed E-state index contributed by atoms with van der Waals surface area (Å²) in [7, 11) is 1.90.